The fraction of sp³-hybridized carbons (Fsp3) is 0.263. The van der Waals surface area contributed by atoms with Crippen LogP contribution in [0.2, 0.25) is 0 Å². The summed E-state index contributed by atoms with van der Waals surface area (Å²) in [5, 5.41) is 0. The van der Waals surface area contributed by atoms with Crippen molar-refractivity contribution in [3.05, 3.63) is 140 Å². The Kier molecular flexibility index (Phi) is 6.96. The molecule has 0 saturated heterocycles. The average Bonchev–Trinajstić information content (AvgIpc) is 3.46. The summed E-state index contributed by atoms with van der Waals surface area (Å²) in [7, 11) is 0. The van der Waals surface area contributed by atoms with Gasteiger partial charge in [0.2, 0.25) is 0 Å². The van der Waals surface area contributed by atoms with Crippen LogP contribution in [0.4, 0.5) is 0 Å². The highest BCUT2D eigenvalue weighted by Crippen LogP contribution is 2.70. The van der Waals surface area contributed by atoms with Gasteiger partial charge < -0.3 is 14.4 Å². The maximum atomic E-state index is 14.8. The molecule has 2 aliphatic heterocycles. The molecule has 6 heteroatoms. The number of esters is 2. The number of rotatable bonds is 5. The molecule has 0 aromatic heterocycles. The van der Waals surface area contributed by atoms with Crippen molar-refractivity contribution >= 4 is 34.5 Å². The maximum Gasteiger partial charge on any atom is 0.355 e. The Bertz CT molecular complexity index is 1790. The molecule has 44 heavy (non-hydrogen) atoms. The quantitative estimate of drug-likeness (QED) is 0.160. The zero-order chi connectivity index (χ0) is 30.8. The van der Waals surface area contributed by atoms with E-state index < -0.39 is 22.9 Å². The van der Waals surface area contributed by atoms with E-state index in [2.05, 4.69) is 100 Å². The second-order valence-corrected chi connectivity index (χ2v) is 13.5. The van der Waals surface area contributed by atoms with E-state index in [9.17, 15) is 9.59 Å². The summed E-state index contributed by atoms with van der Waals surface area (Å²) in [6, 6.07) is 33.7. The van der Waals surface area contributed by atoms with Crippen LogP contribution in [0.1, 0.15) is 55.5 Å². The molecule has 3 aliphatic rings. The van der Waals surface area contributed by atoms with Gasteiger partial charge in [-0.2, -0.15) is 0 Å². The maximum absolute atomic E-state index is 14.8. The summed E-state index contributed by atoms with van der Waals surface area (Å²) < 4.78 is 13.2. The fourth-order valence-electron chi connectivity index (χ4n) is 7.93. The summed E-state index contributed by atoms with van der Waals surface area (Å²) >= 11 is 2.33. The zero-order valence-corrected chi connectivity index (χ0v) is 27.4. The lowest BCUT2D eigenvalue weighted by Gasteiger charge is -2.54. The molecule has 1 spiro atoms. The third-order valence-corrected chi connectivity index (χ3v) is 9.86. The van der Waals surface area contributed by atoms with E-state index in [0.717, 1.165) is 37.0 Å². The number of carbonyl (C=O) groups is 2. The van der Waals surface area contributed by atoms with Gasteiger partial charge in [-0.15, -0.1) is 0 Å². The van der Waals surface area contributed by atoms with Gasteiger partial charge >= 0.3 is 11.9 Å². The largest absolute Gasteiger partial charge is 0.460 e. The molecule has 1 aliphatic carbocycles. The summed E-state index contributed by atoms with van der Waals surface area (Å²) in [5.41, 5.74) is 5.81. The Morgan fingerprint density at radius 3 is 1.82 bits per heavy atom. The first kappa shape index (κ1) is 28.8. The first-order chi connectivity index (χ1) is 21.2. The van der Waals surface area contributed by atoms with Gasteiger partial charge in [0.15, 0.2) is 0 Å². The molecular formula is C38H34INO4. The predicted molar refractivity (Wildman–Crippen MR) is 179 cm³/mol. The molecule has 4 aromatic rings. The smallest absolute Gasteiger partial charge is 0.355 e. The van der Waals surface area contributed by atoms with Crippen molar-refractivity contribution < 1.29 is 19.1 Å². The molecule has 0 saturated carbocycles. The highest BCUT2D eigenvalue weighted by Gasteiger charge is 2.72. The summed E-state index contributed by atoms with van der Waals surface area (Å²) in [6.07, 6.45) is -0.0468. The zero-order valence-electron chi connectivity index (χ0n) is 25.3. The molecule has 0 fully saturated rings. The number of hydrogen-bond donors (Lipinski definition) is 0. The van der Waals surface area contributed by atoms with Crippen LogP contribution >= 0.6 is 22.6 Å². The second kappa shape index (κ2) is 10.6. The Labute approximate surface area is 272 Å². The minimum Gasteiger partial charge on any atom is -0.460 e. The average molecular weight is 696 g/mol. The summed E-state index contributed by atoms with van der Waals surface area (Å²) in [5.74, 6) is -1.01. The van der Waals surface area contributed by atoms with E-state index in [1.54, 1.807) is 0 Å². The van der Waals surface area contributed by atoms with Gasteiger partial charge in [-0.3, -0.25) is 0 Å². The Morgan fingerprint density at radius 2 is 1.23 bits per heavy atom. The molecule has 1 atom stereocenters. The minimum atomic E-state index is -1.12. The van der Waals surface area contributed by atoms with Gasteiger partial charge in [0.05, 0.1) is 23.2 Å². The standard InChI is InChI=1S/C38H34INO4/c1-23(2)43-35(41)33-34(36(42)44-24(3)4)40-22-21-25-11-5-8-14-30(25)38(40,26-17-19-27(39)20-18-26)37(33)31-15-9-6-12-28(31)29-13-7-10-16-32(29)37/h5-20,23-24H,21-22H2,1-4H3. The molecule has 7 rings (SSSR count). The van der Waals surface area contributed by atoms with Crippen LogP contribution in [0, 0.1) is 3.57 Å². The number of halogens is 1. The second-order valence-electron chi connectivity index (χ2n) is 12.2. The van der Waals surface area contributed by atoms with E-state index in [-0.39, 0.29) is 17.9 Å². The van der Waals surface area contributed by atoms with Crippen LogP contribution < -0.4 is 0 Å². The van der Waals surface area contributed by atoms with Gasteiger partial charge in [0.1, 0.15) is 11.2 Å². The van der Waals surface area contributed by atoms with E-state index in [0.29, 0.717) is 18.5 Å². The minimum absolute atomic E-state index is 0.281. The number of carbonyl (C=O) groups excluding carboxylic acids is 2. The van der Waals surface area contributed by atoms with Crippen LogP contribution in [0.25, 0.3) is 11.1 Å². The number of nitrogens with zero attached hydrogens (tertiary/aromatic N) is 1. The molecule has 1 unspecified atom stereocenters. The van der Waals surface area contributed by atoms with E-state index in [1.165, 1.54) is 5.56 Å². The van der Waals surface area contributed by atoms with Crippen LogP contribution in [0.5, 0.6) is 0 Å². The van der Waals surface area contributed by atoms with Gasteiger partial charge in [0, 0.05) is 10.1 Å². The molecule has 0 amide bonds. The summed E-state index contributed by atoms with van der Waals surface area (Å²) in [4.78, 5) is 31.5. The number of fused-ring (bicyclic) bond motifs is 9. The Balaban J connectivity index is 1.74. The van der Waals surface area contributed by atoms with Crippen LogP contribution in [0.15, 0.2) is 108 Å². The molecule has 0 bridgehead atoms. The molecule has 0 N–H and O–H groups in total. The highest BCUT2D eigenvalue weighted by molar-refractivity contribution is 14.1. The SMILES string of the molecule is CC(C)OC(=O)C1=C(C(=O)OC(C)C)C2(c3ccccc3-c3ccccc32)C2(c3ccc(I)cc3)c3ccccc3CCN12. The van der Waals surface area contributed by atoms with Gasteiger partial charge in [-0.1, -0.05) is 84.9 Å². The Morgan fingerprint density at radius 1 is 0.705 bits per heavy atom. The molecule has 5 nitrogen and oxygen atoms in total. The molecule has 2 heterocycles. The van der Waals surface area contributed by atoms with Crippen molar-refractivity contribution in [1.29, 1.82) is 0 Å². The number of benzene rings is 4. The third kappa shape index (κ3) is 3.82. The number of ether oxygens (including phenoxy) is 2. The normalized spacial score (nSPS) is 19.1. The van der Waals surface area contributed by atoms with Gasteiger partial charge in [-0.25, -0.2) is 9.59 Å². The third-order valence-electron chi connectivity index (χ3n) is 9.14. The first-order valence-corrected chi connectivity index (χ1v) is 16.3. The van der Waals surface area contributed by atoms with E-state index in [1.807, 2.05) is 52.0 Å². The van der Waals surface area contributed by atoms with E-state index >= 15 is 0 Å². The first-order valence-electron chi connectivity index (χ1n) is 15.2. The lowest BCUT2D eigenvalue weighted by molar-refractivity contribution is -0.147. The summed E-state index contributed by atoms with van der Waals surface area (Å²) in [6.45, 7) is 7.90. The predicted octanol–water partition coefficient (Wildman–Crippen LogP) is 7.53. The van der Waals surface area contributed by atoms with Gasteiger partial charge in [0.25, 0.3) is 0 Å². The van der Waals surface area contributed by atoms with Crippen LogP contribution in [0.3, 0.4) is 0 Å². The van der Waals surface area contributed by atoms with Crippen molar-refractivity contribution in [2.24, 2.45) is 0 Å². The topological polar surface area (TPSA) is 55.8 Å². The number of hydrogen-bond acceptors (Lipinski definition) is 5. The van der Waals surface area contributed by atoms with Crippen LogP contribution in [-0.4, -0.2) is 35.6 Å². The monoisotopic (exact) mass is 695 g/mol. The van der Waals surface area contributed by atoms with Crippen LogP contribution in [-0.2, 0) is 36.4 Å². The lowest BCUT2D eigenvalue weighted by atomic mass is 9.54. The van der Waals surface area contributed by atoms with E-state index in [4.69, 9.17) is 9.47 Å². The van der Waals surface area contributed by atoms with Crippen molar-refractivity contribution in [3.8, 4) is 11.1 Å². The fourth-order valence-corrected chi connectivity index (χ4v) is 8.29. The van der Waals surface area contributed by atoms with Crippen molar-refractivity contribution in [2.75, 3.05) is 6.54 Å². The lowest BCUT2D eigenvalue weighted by Crippen LogP contribution is -2.59. The highest BCUT2D eigenvalue weighted by atomic mass is 127. The molecule has 222 valence electrons. The molecule has 4 aromatic carbocycles. The van der Waals surface area contributed by atoms with Gasteiger partial charge in [-0.05, 0) is 108 Å². The molecular weight excluding hydrogens is 661 g/mol. The van der Waals surface area contributed by atoms with Crippen molar-refractivity contribution in [1.82, 2.24) is 4.90 Å². The van der Waals surface area contributed by atoms with Crippen molar-refractivity contribution in [3.63, 3.8) is 0 Å². The Hall–Kier alpha value is -3.91. The molecule has 0 radical (unpaired) electrons. The van der Waals surface area contributed by atoms with Crippen molar-refractivity contribution in [2.45, 2.75) is 57.3 Å².